The molecule has 1 heterocycles. The van der Waals surface area contributed by atoms with Gasteiger partial charge >= 0.3 is 0 Å². The number of halogens is 2. The number of aryl methyl sites for hydroxylation is 1. The van der Waals surface area contributed by atoms with Crippen molar-refractivity contribution in [2.75, 3.05) is 0 Å². The molecule has 2 nitrogen and oxygen atoms in total. The maximum atomic E-state index is 13.8. The summed E-state index contributed by atoms with van der Waals surface area (Å²) in [7, 11) is 0. The van der Waals surface area contributed by atoms with Gasteiger partial charge in [0.05, 0.1) is 11.7 Å². The molecule has 0 saturated heterocycles. The molecule has 0 amide bonds. The van der Waals surface area contributed by atoms with Crippen molar-refractivity contribution in [1.82, 2.24) is 10.3 Å². The quantitative estimate of drug-likeness (QED) is 0.911. The first-order valence-corrected chi connectivity index (χ1v) is 7.64. The van der Waals surface area contributed by atoms with Crippen LogP contribution in [0.1, 0.15) is 35.7 Å². The van der Waals surface area contributed by atoms with E-state index < -0.39 is 0 Å². The van der Waals surface area contributed by atoms with Gasteiger partial charge in [-0.25, -0.2) is 4.39 Å². The molecule has 1 aromatic heterocycles. The molecule has 20 heavy (non-hydrogen) atoms. The topological polar surface area (TPSA) is 24.9 Å². The van der Waals surface area contributed by atoms with E-state index in [-0.39, 0.29) is 11.9 Å². The van der Waals surface area contributed by atoms with Crippen molar-refractivity contribution < 1.29 is 4.39 Å². The molecule has 1 unspecified atom stereocenters. The summed E-state index contributed by atoms with van der Waals surface area (Å²) in [5.41, 5.74) is 3.13. The van der Waals surface area contributed by atoms with E-state index >= 15 is 0 Å². The van der Waals surface area contributed by atoms with Gasteiger partial charge in [0.1, 0.15) is 5.82 Å². The maximum Gasteiger partial charge on any atom is 0.128 e. The fraction of sp³-hybridized carbons (Fsp3) is 0.312. The Labute approximate surface area is 126 Å². The predicted octanol–water partition coefficient (Wildman–Crippen LogP) is 4.15. The number of rotatable bonds is 3. The lowest BCUT2D eigenvalue weighted by Crippen LogP contribution is -2.26. The van der Waals surface area contributed by atoms with Gasteiger partial charge in [0.15, 0.2) is 0 Å². The third-order valence-corrected chi connectivity index (χ3v) is 4.24. The van der Waals surface area contributed by atoms with E-state index in [4.69, 9.17) is 0 Å². The zero-order valence-corrected chi connectivity index (χ0v) is 12.7. The number of pyridine rings is 1. The average Bonchev–Trinajstić information content (AvgIpc) is 2.46. The molecule has 0 fully saturated rings. The van der Waals surface area contributed by atoms with Gasteiger partial charge in [-0.15, -0.1) is 0 Å². The third-order valence-electron chi connectivity index (χ3n) is 3.75. The molecule has 0 radical (unpaired) electrons. The van der Waals surface area contributed by atoms with Crippen LogP contribution in [0.5, 0.6) is 0 Å². The summed E-state index contributed by atoms with van der Waals surface area (Å²) in [5.74, 6) is -0.177. The Morgan fingerprint density at radius 1 is 1.35 bits per heavy atom. The molecule has 0 saturated carbocycles. The first-order chi connectivity index (χ1) is 9.74. The van der Waals surface area contributed by atoms with Gasteiger partial charge in [-0.2, -0.15) is 0 Å². The van der Waals surface area contributed by atoms with Crippen molar-refractivity contribution in [3.63, 3.8) is 0 Å². The molecular weight excluding hydrogens is 319 g/mol. The fourth-order valence-corrected chi connectivity index (χ4v) is 3.04. The van der Waals surface area contributed by atoms with Crippen LogP contribution in [0.15, 0.2) is 41.0 Å². The maximum absolute atomic E-state index is 13.8. The van der Waals surface area contributed by atoms with E-state index in [1.54, 1.807) is 0 Å². The van der Waals surface area contributed by atoms with Crippen LogP contribution in [0.2, 0.25) is 0 Å². The van der Waals surface area contributed by atoms with Gasteiger partial charge < -0.3 is 5.32 Å². The Morgan fingerprint density at radius 2 is 2.25 bits per heavy atom. The van der Waals surface area contributed by atoms with Gasteiger partial charge in [-0.3, -0.25) is 4.98 Å². The first kappa shape index (κ1) is 13.7. The van der Waals surface area contributed by atoms with Gasteiger partial charge in [0, 0.05) is 22.8 Å². The lowest BCUT2D eigenvalue weighted by atomic mass is 9.92. The lowest BCUT2D eigenvalue weighted by molar-refractivity contribution is 0.442. The minimum absolute atomic E-state index is 0.177. The van der Waals surface area contributed by atoms with Crippen molar-refractivity contribution in [1.29, 1.82) is 0 Å². The van der Waals surface area contributed by atoms with E-state index in [9.17, 15) is 4.39 Å². The summed E-state index contributed by atoms with van der Waals surface area (Å²) >= 11 is 3.27. The second kappa shape index (κ2) is 6.02. The molecule has 2 aromatic rings. The minimum atomic E-state index is -0.177. The molecule has 4 heteroatoms. The van der Waals surface area contributed by atoms with Gasteiger partial charge in [-0.1, -0.05) is 28.1 Å². The van der Waals surface area contributed by atoms with E-state index in [0.717, 1.165) is 29.4 Å². The van der Waals surface area contributed by atoms with Crippen LogP contribution in [0.25, 0.3) is 0 Å². The number of fused-ring (bicyclic) bond motifs is 1. The van der Waals surface area contributed by atoms with Crippen molar-refractivity contribution in [3.8, 4) is 0 Å². The second-order valence-electron chi connectivity index (χ2n) is 5.11. The molecule has 3 rings (SSSR count). The molecule has 1 atom stereocenters. The minimum Gasteiger partial charge on any atom is -0.304 e. The van der Waals surface area contributed by atoms with Gasteiger partial charge in [-0.05, 0) is 43.0 Å². The van der Waals surface area contributed by atoms with E-state index in [2.05, 4.69) is 32.3 Å². The Bertz CT molecular complexity index is 615. The van der Waals surface area contributed by atoms with Crippen LogP contribution in [0.4, 0.5) is 4.39 Å². The number of hydrogen-bond acceptors (Lipinski definition) is 2. The van der Waals surface area contributed by atoms with Crippen molar-refractivity contribution >= 4 is 15.9 Å². The predicted molar refractivity (Wildman–Crippen MR) is 80.9 cm³/mol. The standard InChI is InChI=1S/C16H16BrFN2/c17-13-7-6-12(14(18)9-13)10-20-15-5-1-3-11-4-2-8-19-16(11)15/h2,4,6-9,15,20H,1,3,5,10H2. The molecule has 0 aliphatic heterocycles. The number of aromatic nitrogens is 1. The first-order valence-electron chi connectivity index (χ1n) is 6.85. The molecule has 104 valence electrons. The number of nitrogens with zero attached hydrogens (tertiary/aromatic N) is 1. The summed E-state index contributed by atoms with van der Waals surface area (Å²) in [5, 5.41) is 3.44. The Kier molecular flexibility index (Phi) is 4.13. The Morgan fingerprint density at radius 3 is 3.10 bits per heavy atom. The Balaban J connectivity index is 1.73. The molecule has 0 spiro atoms. The summed E-state index contributed by atoms with van der Waals surface area (Å²) in [4.78, 5) is 4.49. The van der Waals surface area contributed by atoms with Crippen molar-refractivity contribution in [2.45, 2.75) is 31.8 Å². The molecule has 1 aliphatic carbocycles. The van der Waals surface area contributed by atoms with E-state index in [1.165, 1.54) is 11.6 Å². The number of benzene rings is 1. The fourth-order valence-electron chi connectivity index (χ4n) is 2.71. The molecule has 1 aliphatic rings. The van der Waals surface area contributed by atoms with Crippen LogP contribution in [0, 0.1) is 5.82 Å². The van der Waals surface area contributed by atoms with Crippen LogP contribution in [-0.2, 0) is 13.0 Å². The average molecular weight is 335 g/mol. The molecule has 1 N–H and O–H groups in total. The van der Waals surface area contributed by atoms with Crippen LogP contribution in [0.3, 0.4) is 0 Å². The zero-order valence-electron chi connectivity index (χ0n) is 11.1. The highest BCUT2D eigenvalue weighted by atomic mass is 79.9. The number of hydrogen-bond donors (Lipinski definition) is 1. The number of nitrogens with one attached hydrogen (secondary N) is 1. The monoisotopic (exact) mass is 334 g/mol. The lowest BCUT2D eigenvalue weighted by Gasteiger charge is -2.25. The van der Waals surface area contributed by atoms with E-state index in [0.29, 0.717) is 12.1 Å². The third kappa shape index (κ3) is 2.91. The highest BCUT2D eigenvalue weighted by Crippen LogP contribution is 2.28. The SMILES string of the molecule is Fc1cc(Br)ccc1CNC1CCCc2cccnc21. The Hall–Kier alpha value is -1.26. The summed E-state index contributed by atoms with van der Waals surface area (Å²) in [6, 6.07) is 9.53. The van der Waals surface area contributed by atoms with Crippen molar-refractivity contribution in [2.24, 2.45) is 0 Å². The normalized spacial score (nSPS) is 17.8. The zero-order chi connectivity index (χ0) is 13.9. The smallest absolute Gasteiger partial charge is 0.128 e. The van der Waals surface area contributed by atoms with Gasteiger partial charge in [0.25, 0.3) is 0 Å². The second-order valence-corrected chi connectivity index (χ2v) is 6.02. The summed E-state index contributed by atoms with van der Waals surface area (Å²) < 4.78 is 14.6. The van der Waals surface area contributed by atoms with Crippen LogP contribution >= 0.6 is 15.9 Å². The molecule has 1 aromatic carbocycles. The molecule has 0 bridgehead atoms. The highest BCUT2D eigenvalue weighted by Gasteiger charge is 2.20. The summed E-state index contributed by atoms with van der Waals surface area (Å²) in [6.07, 6.45) is 5.13. The highest BCUT2D eigenvalue weighted by molar-refractivity contribution is 9.10. The van der Waals surface area contributed by atoms with Crippen molar-refractivity contribution in [3.05, 3.63) is 63.6 Å². The summed E-state index contributed by atoms with van der Waals surface area (Å²) in [6.45, 7) is 0.528. The van der Waals surface area contributed by atoms with Crippen LogP contribution < -0.4 is 5.32 Å². The largest absolute Gasteiger partial charge is 0.304 e. The van der Waals surface area contributed by atoms with Crippen LogP contribution in [-0.4, -0.2) is 4.98 Å². The van der Waals surface area contributed by atoms with Gasteiger partial charge in [0.2, 0.25) is 0 Å². The van der Waals surface area contributed by atoms with E-state index in [1.807, 2.05) is 24.4 Å². The molecular formula is C16H16BrFN2.